The molecule has 1 amide bonds. The van der Waals surface area contributed by atoms with Crippen LogP contribution in [-0.4, -0.2) is 59.2 Å². The number of halogens is 3. The molecule has 13 heteroatoms. The maximum Gasteiger partial charge on any atom is 0.416 e. The number of nitrogens with one attached hydrogen (secondary N) is 1. The standard InChI is InChI=1S/C32H30F3N3O6S/c1-42-12-13-43-20-44-30-8-6-27(18-29(30)37-45(2,40)41)38-11-9-22-14-21(5-7-28(22)31(38)39)24-15-25(23-4-3-10-36-19-23)17-26(16-24)32(33,34)35/h3-8,10,14-19,37H,9,11-13,20H2,1-2H3. The number of fused-ring (bicyclic) bond motifs is 1. The summed E-state index contributed by atoms with van der Waals surface area (Å²) in [4.78, 5) is 19.2. The molecule has 2 heterocycles. The molecular formula is C32H30F3N3O6S. The van der Waals surface area contributed by atoms with Gasteiger partial charge in [-0.25, -0.2) is 8.42 Å². The molecule has 0 aliphatic carbocycles. The Balaban J connectivity index is 1.43. The van der Waals surface area contributed by atoms with Gasteiger partial charge in [-0.15, -0.1) is 0 Å². The Morgan fingerprint density at radius 3 is 2.42 bits per heavy atom. The zero-order valence-corrected chi connectivity index (χ0v) is 25.2. The number of anilines is 2. The third-order valence-corrected chi connectivity index (χ3v) is 7.66. The first kappa shape index (κ1) is 31.9. The molecule has 1 N–H and O–H groups in total. The molecular weight excluding hydrogens is 611 g/mol. The van der Waals surface area contributed by atoms with Crippen molar-refractivity contribution in [3.63, 3.8) is 0 Å². The molecule has 4 aromatic rings. The Hall–Kier alpha value is -4.46. The zero-order chi connectivity index (χ0) is 32.2. The van der Waals surface area contributed by atoms with Crippen molar-refractivity contribution in [2.75, 3.05) is 49.5 Å². The summed E-state index contributed by atoms with van der Waals surface area (Å²) in [5.74, 6) is -0.118. The van der Waals surface area contributed by atoms with Gasteiger partial charge in [-0.1, -0.05) is 18.2 Å². The van der Waals surface area contributed by atoms with Gasteiger partial charge in [0.05, 0.1) is 30.7 Å². The average Bonchev–Trinajstić information content (AvgIpc) is 3.00. The molecule has 0 unspecified atom stereocenters. The van der Waals surface area contributed by atoms with Crippen LogP contribution in [0.3, 0.4) is 0 Å². The molecule has 0 radical (unpaired) electrons. The smallest absolute Gasteiger partial charge is 0.416 e. The van der Waals surface area contributed by atoms with E-state index in [1.807, 2.05) is 0 Å². The van der Waals surface area contributed by atoms with Gasteiger partial charge in [0.25, 0.3) is 5.91 Å². The molecule has 0 saturated heterocycles. The highest BCUT2D eigenvalue weighted by atomic mass is 32.2. The highest BCUT2D eigenvalue weighted by Gasteiger charge is 2.32. The molecule has 0 spiro atoms. The molecule has 1 aliphatic heterocycles. The zero-order valence-electron chi connectivity index (χ0n) is 24.4. The number of pyridine rings is 1. The van der Waals surface area contributed by atoms with Crippen LogP contribution < -0.4 is 14.4 Å². The lowest BCUT2D eigenvalue weighted by molar-refractivity contribution is -0.137. The van der Waals surface area contributed by atoms with Crippen molar-refractivity contribution in [1.82, 2.24) is 4.98 Å². The number of carbonyl (C=O) groups excluding carboxylic acids is 1. The second-order valence-corrected chi connectivity index (χ2v) is 12.1. The number of methoxy groups -OCH3 is 1. The van der Waals surface area contributed by atoms with Crippen LogP contribution in [0.15, 0.2) is 79.1 Å². The quantitative estimate of drug-likeness (QED) is 0.158. The normalized spacial score (nSPS) is 13.4. The SMILES string of the molecule is COCCOCOc1ccc(N2CCc3cc(-c4cc(-c5cccnc5)cc(C(F)(F)F)c4)ccc3C2=O)cc1NS(C)(=O)=O. The Bertz CT molecular complexity index is 1800. The second kappa shape index (κ2) is 13.3. The first-order valence-electron chi connectivity index (χ1n) is 13.8. The van der Waals surface area contributed by atoms with E-state index in [9.17, 15) is 26.4 Å². The molecule has 236 valence electrons. The van der Waals surface area contributed by atoms with Crippen molar-refractivity contribution < 1.29 is 40.6 Å². The summed E-state index contributed by atoms with van der Waals surface area (Å²) >= 11 is 0. The molecule has 45 heavy (non-hydrogen) atoms. The highest BCUT2D eigenvalue weighted by Crippen LogP contribution is 2.38. The predicted octanol–water partition coefficient (Wildman–Crippen LogP) is 6.01. The maximum absolute atomic E-state index is 13.8. The molecule has 9 nitrogen and oxygen atoms in total. The number of carbonyl (C=O) groups is 1. The number of ether oxygens (including phenoxy) is 3. The molecule has 0 fully saturated rings. The van der Waals surface area contributed by atoms with Crippen molar-refractivity contribution in [2.45, 2.75) is 12.6 Å². The summed E-state index contributed by atoms with van der Waals surface area (Å²) in [5.41, 5.74) is 2.70. The fourth-order valence-electron chi connectivity index (χ4n) is 4.97. The van der Waals surface area contributed by atoms with Crippen molar-refractivity contribution in [1.29, 1.82) is 0 Å². The van der Waals surface area contributed by atoms with E-state index >= 15 is 0 Å². The molecule has 1 aromatic heterocycles. The van der Waals surface area contributed by atoms with Crippen LogP contribution in [0.25, 0.3) is 22.3 Å². The lowest BCUT2D eigenvalue weighted by Crippen LogP contribution is -2.37. The number of hydrogen-bond acceptors (Lipinski definition) is 7. The molecule has 0 atom stereocenters. The molecule has 3 aromatic carbocycles. The van der Waals surface area contributed by atoms with Crippen molar-refractivity contribution in [3.8, 4) is 28.0 Å². The Morgan fingerprint density at radius 1 is 0.956 bits per heavy atom. The molecule has 0 bridgehead atoms. The van der Waals surface area contributed by atoms with Crippen molar-refractivity contribution >= 4 is 27.3 Å². The number of amides is 1. The lowest BCUT2D eigenvalue weighted by Gasteiger charge is -2.29. The number of sulfonamides is 1. The number of aromatic nitrogens is 1. The van der Waals surface area contributed by atoms with E-state index in [1.54, 1.807) is 54.7 Å². The van der Waals surface area contributed by atoms with Gasteiger partial charge >= 0.3 is 6.18 Å². The maximum atomic E-state index is 13.8. The number of nitrogens with zero attached hydrogens (tertiary/aromatic N) is 2. The van der Waals surface area contributed by atoms with Gasteiger partial charge in [0.1, 0.15) is 5.75 Å². The first-order chi connectivity index (χ1) is 21.4. The van der Waals surface area contributed by atoms with Crippen LogP contribution in [0.5, 0.6) is 5.75 Å². The van der Waals surface area contributed by atoms with Crippen LogP contribution in [0.4, 0.5) is 24.5 Å². The Labute approximate surface area is 258 Å². The van der Waals surface area contributed by atoms with Gasteiger partial charge in [-0.3, -0.25) is 14.5 Å². The summed E-state index contributed by atoms with van der Waals surface area (Å²) in [6, 6.07) is 16.9. The fourth-order valence-corrected chi connectivity index (χ4v) is 5.53. The van der Waals surface area contributed by atoms with Crippen LogP contribution >= 0.6 is 0 Å². The molecule has 1 aliphatic rings. The van der Waals surface area contributed by atoms with Gasteiger partial charge in [-0.2, -0.15) is 13.2 Å². The van der Waals surface area contributed by atoms with E-state index in [1.165, 1.54) is 24.3 Å². The number of hydrogen-bond donors (Lipinski definition) is 1. The van der Waals surface area contributed by atoms with Gasteiger partial charge in [0, 0.05) is 42.9 Å². The Morgan fingerprint density at radius 2 is 1.73 bits per heavy atom. The number of alkyl halides is 3. The predicted molar refractivity (Wildman–Crippen MR) is 164 cm³/mol. The lowest BCUT2D eigenvalue weighted by atomic mass is 9.91. The molecule has 0 saturated carbocycles. The van der Waals surface area contributed by atoms with E-state index in [-0.39, 0.29) is 37.3 Å². The topological polar surface area (TPSA) is 107 Å². The largest absolute Gasteiger partial charge is 0.465 e. The van der Waals surface area contributed by atoms with Crippen molar-refractivity contribution in [3.05, 3.63) is 95.8 Å². The van der Waals surface area contributed by atoms with E-state index < -0.39 is 21.8 Å². The van der Waals surface area contributed by atoms with Gasteiger partial charge in [0.2, 0.25) is 10.0 Å². The van der Waals surface area contributed by atoms with Gasteiger partial charge < -0.3 is 19.1 Å². The van der Waals surface area contributed by atoms with E-state index in [0.29, 0.717) is 52.1 Å². The highest BCUT2D eigenvalue weighted by molar-refractivity contribution is 7.92. The van der Waals surface area contributed by atoms with Gasteiger partial charge in [0.15, 0.2) is 6.79 Å². The van der Waals surface area contributed by atoms with Crippen LogP contribution in [-0.2, 0) is 32.1 Å². The van der Waals surface area contributed by atoms with E-state index in [2.05, 4.69) is 9.71 Å². The van der Waals surface area contributed by atoms with Crippen LogP contribution in [0.2, 0.25) is 0 Å². The molecule has 5 rings (SSSR count). The average molecular weight is 642 g/mol. The third-order valence-electron chi connectivity index (χ3n) is 7.07. The summed E-state index contributed by atoms with van der Waals surface area (Å²) in [6.07, 6.45) is -0.0776. The van der Waals surface area contributed by atoms with E-state index in [4.69, 9.17) is 14.2 Å². The van der Waals surface area contributed by atoms with Crippen LogP contribution in [0.1, 0.15) is 21.5 Å². The first-order valence-corrected chi connectivity index (χ1v) is 15.7. The minimum absolute atomic E-state index is 0.133. The third kappa shape index (κ3) is 7.80. The van der Waals surface area contributed by atoms with E-state index in [0.717, 1.165) is 18.4 Å². The minimum Gasteiger partial charge on any atom is -0.465 e. The van der Waals surface area contributed by atoms with Gasteiger partial charge in [-0.05, 0) is 77.2 Å². The summed E-state index contributed by atoms with van der Waals surface area (Å²) in [7, 11) is -2.15. The van der Waals surface area contributed by atoms with Crippen LogP contribution in [0, 0.1) is 0 Å². The number of rotatable bonds is 11. The fraction of sp³-hybridized carbons (Fsp3) is 0.250. The number of benzene rings is 3. The summed E-state index contributed by atoms with van der Waals surface area (Å²) in [5, 5.41) is 0. The monoisotopic (exact) mass is 641 g/mol. The summed E-state index contributed by atoms with van der Waals surface area (Å²) in [6.45, 7) is 0.766. The Kier molecular flexibility index (Phi) is 9.42. The minimum atomic E-state index is -4.56. The van der Waals surface area contributed by atoms with Crippen molar-refractivity contribution in [2.24, 2.45) is 0 Å². The second-order valence-electron chi connectivity index (χ2n) is 10.3. The summed E-state index contributed by atoms with van der Waals surface area (Å²) < 4.78 is 83.8.